The Morgan fingerprint density at radius 3 is 2.78 bits per heavy atom. The van der Waals surface area contributed by atoms with Crippen molar-refractivity contribution in [3.05, 3.63) is 41.6 Å². The second kappa shape index (κ2) is 7.15. The monoisotopic (exact) mass is 315 g/mol. The van der Waals surface area contributed by atoms with E-state index in [4.69, 9.17) is 5.73 Å². The van der Waals surface area contributed by atoms with Crippen LogP contribution in [0.4, 0.5) is 5.69 Å². The number of nitrogens with zero attached hydrogens (tertiary/aromatic N) is 2. The zero-order valence-corrected chi connectivity index (χ0v) is 14.9. The lowest BCUT2D eigenvalue weighted by Gasteiger charge is -2.29. The van der Waals surface area contributed by atoms with Gasteiger partial charge in [-0.15, -0.1) is 0 Å². The molecule has 4 N–H and O–H groups in total. The summed E-state index contributed by atoms with van der Waals surface area (Å²) in [5.41, 5.74) is 9.23. The molecule has 1 aromatic carbocycles. The van der Waals surface area contributed by atoms with Crippen LogP contribution >= 0.6 is 0 Å². The SMILES string of the molecule is Cc1ccc(C)c(NC2=NC(N)(CCC(C)N(C)C)C=CN2)c1. The fourth-order valence-electron chi connectivity index (χ4n) is 2.44. The normalized spacial score (nSPS) is 21.8. The van der Waals surface area contributed by atoms with Crippen LogP contribution in [0.25, 0.3) is 0 Å². The first-order chi connectivity index (χ1) is 10.8. The van der Waals surface area contributed by atoms with Crippen molar-refractivity contribution in [3.8, 4) is 0 Å². The maximum Gasteiger partial charge on any atom is 0.202 e. The molecule has 2 unspecified atom stereocenters. The van der Waals surface area contributed by atoms with Crippen LogP contribution in [0.1, 0.15) is 30.9 Å². The Hall–Kier alpha value is -1.85. The average Bonchev–Trinajstić information content (AvgIpc) is 2.48. The summed E-state index contributed by atoms with van der Waals surface area (Å²) < 4.78 is 0. The Bertz CT molecular complexity index is 605. The molecule has 5 heteroatoms. The van der Waals surface area contributed by atoms with Gasteiger partial charge in [-0.1, -0.05) is 12.1 Å². The highest BCUT2D eigenvalue weighted by molar-refractivity contribution is 5.95. The predicted molar refractivity (Wildman–Crippen MR) is 98.6 cm³/mol. The number of guanidine groups is 1. The molecule has 0 amide bonds. The molecule has 5 nitrogen and oxygen atoms in total. The second-order valence-corrected chi connectivity index (χ2v) is 6.72. The molecule has 0 saturated carbocycles. The summed E-state index contributed by atoms with van der Waals surface area (Å²) in [6.45, 7) is 6.36. The van der Waals surface area contributed by atoms with Crippen LogP contribution in [0.15, 0.2) is 35.5 Å². The number of nitrogens with one attached hydrogen (secondary N) is 2. The van der Waals surface area contributed by atoms with Crippen LogP contribution in [-0.4, -0.2) is 36.7 Å². The molecule has 0 aromatic heterocycles. The van der Waals surface area contributed by atoms with Crippen molar-refractivity contribution in [1.29, 1.82) is 0 Å². The topological polar surface area (TPSA) is 65.7 Å². The summed E-state index contributed by atoms with van der Waals surface area (Å²) in [5, 5.41) is 6.50. The first kappa shape index (κ1) is 17.5. The van der Waals surface area contributed by atoms with Gasteiger partial charge in [-0.05, 0) is 71.0 Å². The second-order valence-electron chi connectivity index (χ2n) is 6.72. The van der Waals surface area contributed by atoms with Gasteiger partial charge < -0.3 is 21.3 Å². The zero-order chi connectivity index (χ0) is 17.0. The largest absolute Gasteiger partial charge is 0.333 e. The van der Waals surface area contributed by atoms with Gasteiger partial charge in [-0.2, -0.15) is 0 Å². The van der Waals surface area contributed by atoms with Crippen LogP contribution in [0.5, 0.6) is 0 Å². The number of hydrogen-bond donors (Lipinski definition) is 3. The molecular weight excluding hydrogens is 286 g/mol. The van der Waals surface area contributed by atoms with Crippen molar-refractivity contribution in [2.45, 2.75) is 45.3 Å². The van der Waals surface area contributed by atoms with E-state index in [1.54, 1.807) is 0 Å². The lowest BCUT2D eigenvalue weighted by molar-refractivity contribution is 0.278. The average molecular weight is 315 g/mol. The van der Waals surface area contributed by atoms with Crippen LogP contribution in [0.2, 0.25) is 0 Å². The first-order valence-electron chi connectivity index (χ1n) is 8.13. The van der Waals surface area contributed by atoms with E-state index >= 15 is 0 Å². The van der Waals surface area contributed by atoms with Crippen molar-refractivity contribution in [1.82, 2.24) is 10.2 Å². The maximum absolute atomic E-state index is 6.45. The Morgan fingerprint density at radius 2 is 2.09 bits per heavy atom. The highest BCUT2D eigenvalue weighted by atomic mass is 15.2. The predicted octanol–water partition coefficient (Wildman–Crippen LogP) is 2.57. The van der Waals surface area contributed by atoms with E-state index in [1.165, 1.54) is 11.1 Å². The fraction of sp³-hybridized carbons (Fsp3) is 0.500. The van der Waals surface area contributed by atoms with Crippen LogP contribution in [0.3, 0.4) is 0 Å². The van der Waals surface area contributed by atoms with Gasteiger partial charge in [0.25, 0.3) is 0 Å². The van der Waals surface area contributed by atoms with Gasteiger partial charge in [0, 0.05) is 17.9 Å². The van der Waals surface area contributed by atoms with Crippen molar-refractivity contribution < 1.29 is 0 Å². The molecule has 0 saturated heterocycles. The summed E-state index contributed by atoms with van der Waals surface area (Å²) in [7, 11) is 4.17. The molecule has 1 aromatic rings. The van der Waals surface area contributed by atoms with E-state index in [0.29, 0.717) is 12.0 Å². The number of aryl methyl sites for hydroxylation is 2. The minimum atomic E-state index is -0.657. The van der Waals surface area contributed by atoms with Crippen molar-refractivity contribution in [2.24, 2.45) is 10.7 Å². The standard InChI is InChI=1S/C18H29N5/c1-13-6-7-14(2)16(12-13)21-17-20-11-10-18(19,22-17)9-8-15(3)23(4)5/h6-7,10-12,15H,8-9,19H2,1-5H3,(H2,20,21,22). The Labute approximate surface area is 139 Å². The van der Waals surface area contributed by atoms with E-state index in [2.05, 4.69) is 73.6 Å². The number of hydrogen-bond acceptors (Lipinski definition) is 5. The molecule has 1 aliphatic heterocycles. The van der Waals surface area contributed by atoms with Crippen molar-refractivity contribution in [3.63, 3.8) is 0 Å². The molecule has 1 aliphatic rings. The van der Waals surface area contributed by atoms with Gasteiger partial charge in [-0.25, -0.2) is 4.99 Å². The molecule has 1 heterocycles. The Morgan fingerprint density at radius 1 is 1.35 bits per heavy atom. The molecule has 0 aliphatic carbocycles. The molecular formula is C18H29N5. The molecule has 0 spiro atoms. The van der Waals surface area contributed by atoms with Crippen molar-refractivity contribution in [2.75, 3.05) is 19.4 Å². The Kier molecular flexibility index (Phi) is 5.44. The van der Waals surface area contributed by atoms with Crippen LogP contribution < -0.4 is 16.4 Å². The molecule has 23 heavy (non-hydrogen) atoms. The third kappa shape index (κ3) is 4.81. The van der Waals surface area contributed by atoms with Crippen LogP contribution in [-0.2, 0) is 0 Å². The lowest BCUT2D eigenvalue weighted by atomic mass is 10.0. The van der Waals surface area contributed by atoms with E-state index < -0.39 is 5.66 Å². The van der Waals surface area contributed by atoms with E-state index in [0.717, 1.165) is 18.5 Å². The zero-order valence-electron chi connectivity index (χ0n) is 14.9. The minimum absolute atomic E-state index is 0.476. The molecule has 2 atom stereocenters. The summed E-state index contributed by atoms with van der Waals surface area (Å²) >= 11 is 0. The fourth-order valence-corrected chi connectivity index (χ4v) is 2.44. The summed E-state index contributed by atoms with van der Waals surface area (Å²) in [4.78, 5) is 6.88. The van der Waals surface area contributed by atoms with Gasteiger partial charge in [0.15, 0.2) is 0 Å². The number of anilines is 1. The quantitative estimate of drug-likeness (QED) is 0.781. The van der Waals surface area contributed by atoms with Gasteiger partial charge in [0.2, 0.25) is 5.96 Å². The highest BCUT2D eigenvalue weighted by Crippen LogP contribution is 2.21. The number of aliphatic imine (C=N–C) groups is 1. The van der Waals surface area contributed by atoms with E-state index in [1.807, 2.05) is 12.3 Å². The third-order valence-corrected chi connectivity index (χ3v) is 4.40. The van der Waals surface area contributed by atoms with E-state index in [-0.39, 0.29) is 0 Å². The molecule has 0 fully saturated rings. The molecule has 0 bridgehead atoms. The third-order valence-electron chi connectivity index (χ3n) is 4.40. The lowest BCUT2D eigenvalue weighted by Crippen LogP contribution is -2.44. The van der Waals surface area contributed by atoms with Crippen LogP contribution in [0, 0.1) is 13.8 Å². The number of rotatable bonds is 5. The van der Waals surface area contributed by atoms with Gasteiger partial charge in [0.05, 0.1) is 0 Å². The van der Waals surface area contributed by atoms with E-state index in [9.17, 15) is 0 Å². The molecule has 0 radical (unpaired) electrons. The van der Waals surface area contributed by atoms with Crippen molar-refractivity contribution >= 4 is 11.6 Å². The molecule has 2 rings (SSSR count). The maximum atomic E-state index is 6.45. The minimum Gasteiger partial charge on any atom is -0.333 e. The molecule has 126 valence electrons. The highest BCUT2D eigenvalue weighted by Gasteiger charge is 2.25. The van der Waals surface area contributed by atoms with Gasteiger partial charge >= 0.3 is 0 Å². The first-order valence-corrected chi connectivity index (χ1v) is 8.13. The smallest absolute Gasteiger partial charge is 0.202 e. The number of benzene rings is 1. The van der Waals surface area contributed by atoms with Gasteiger partial charge in [0.1, 0.15) is 5.66 Å². The summed E-state index contributed by atoms with van der Waals surface area (Å²) in [5.74, 6) is 0.696. The summed E-state index contributed by atoms with van der Waals surface area (Å²) in [6.07, 6.45) is 5.61. The summed E-state index contributed by atoms with van der Waals surface area (Å²) in [6, 6.07) is 6.80. The van der Waals surface area contributed by atoms with Gasteiger partial charge in [-0.3, -0.25) is 0 Å². The Balaban J connectivity index is 2.08. The number of nitrogens with two attached hydrogens (primary N) is 1.